The van der Waals surface area contributed by atoms with Crippen LogP contribution < -0.4 is 0 Å². The quantitative estimate of drug-likeness (QED) is 0.0576. The molecule has 0 aromatic heterocycles. The van der Waals surface area contributed by atoms with Crippen LogP contribution in [0.3, 0.4) is 0 Å². The van der Waals surface area contributed by atoms with Gasteiger partial charge in [-0.25, -0.2) is 14.0 Å². The number of hydrogen-bond donors (Lipinski definition) is 1. The predicted octanol–water partition coefficient (Wildman–Crippen LogP) is 10.4. The van der Waals surface area contributed by atoms with Gasteiger partial charge in [-0.2, -0.15) is 0 Å². The molecule has 0 amide bonds. The summed E-state index contributed by atoms with van der Waals surface area (Å²) in [5.74, 6) is 2.01. The molecular formula is C41H65FO5. The lowest BCUT2D eigenvalue weighted by Crippen LogP contribution is -2.27. The fraction of sp³-hybridized carbons (Fsp3) is 0.707. The van der Waals surface area contributed by atoms with Crippen molar-refractivity contribution in [2.75, 3.05) is 19.8 Å². The lowest BCUT2D eigenvalue weighted by molar-refractivity contribution is -0.144. The van der Waals surface area contributed by atoms with Gasteiger partial charge in [0.05, 0.1) is 31.7 Å². The number of carbonyl (C=O) groups is 2. The summed E-state index contributed by atoms with van der Waals surface area (Å²) in [4.78, 5) is 24.0. The van der Waals surface area contributed by atoms with Crippen LogP contribution in [0.15, 0.2) is 60.5 Å². The van der Waals surface area contributed by atoms with Crippen LogP contribution in [0.4, 0.5) is 4.39 Å². The van der Waals surface area contributed by atoms with Gasteiger partial charge in [0, 0.05) is 11.5 Å². The molecule has 0 aromatic carbocycles. The second kappa shape index (κ2) is 22.2. The van der Waals surface area contributed by atoms with Crippen molar-refractivity contribution in [3.05, 3.63) is 60.5 Å². The van der Waals surface area contributed by atoms with E-state index in [1.54, 1.807) is 6.92 Å². The summed E-state index contributed by atoms with van der Waals surface area (Å²) in [6.07, 6.45) is 22.4. The average molecular weight is 657 g/mol. The molecule has 0 aliphatic heterocycles. The van der Waals surface area contributed by atoms with Gasteiger partial charge in [0.1, 0.15) is 0 Å². The van der Waals surface area contributed by atoms with E-state index in [9.17, 15) is 14.0 Å². The first kappa shape index (κ1) is 40.7. The van der Waals surface area contributed by atoms with Crippen molar-refractivity contribution in [1.29, 1.82) is 0 Å². The van der Waals surface area contributed by atoms with Crippen LogP contribution in [0.2, 0.25) is 0 Å². The first-order chi connectivity index (χ1) is 22.5. The van der Waals surface area contributed by atoms with Crippen molar-refractivity contribution in [2.45, 2.75) is 124 Å². The molecule has 0 saturated heterocycles. The summed E-state index contributed by atoms with van der Waals surface area (Å²) < 4.78 is 24.8. The van der Waals surface area contributed by atoms with Gasteiger partial charge in [-0.15, -0.1) is 0 Å². The Bertz CT molecular complexity index is 1060. The lowest BCUT2D eigenvalue weighted by Gasteiger charge is -2.34. The van der Waals surface area contributed by atoms with Crippen LogP contribution in [-0.4, -0.2) is 36.9 Å². The van der Waals surface area contributed by atoms with Gasteiger partial charge in [0.25, 0.3) is 0 Å². The Hall–Kier alpha value is -2.47. The van der Waals surface area contributed by atoms with Crippen molar-refractivity contribution in [3.63, 3.8) is 0 Å². The third-order valence-electron chi connectivity index (χ3n) is 10.9. The summed E-state index contributed by atoms with van der Waals surface area (Å²) >= 11 is 0. The lowest BCUT2D eigenvalue weighted by atomic mass is 9.72. The Balaban J connectivity index is 1.78. The third kappa shape index (κ3) is 15.1. The van der Waals surface area contributed by atoms with E-state index < -0.39 is 18.5 Å². The number of halogens is 1. The molecule has 2 rings (SSSR count). The van der Waals surface area contributed by atoms with Crippen molar-refractivity contribution in [2.24, 2.45) is 41.4 Å². The van der Waals surface area contributed by atoms with Gasteiger partial charge in [-0.1, -0.05) is 96.8 Å². The molecule has 5 nitrogen and oxygen atoms in total. The first-order valence-corrected chi connectivity index (χ1v) is 18.4. The molecule has 1 N–H and O–H groups in total. The highest BCUT2D eigenvalue weighted by Gasteiger charge is 2.29. The molecule has 6 heteroatoms. The van der Waals surface area contributed by atoms with Crippen molar-refractivity contribution >= 4 is 11.9 Å². The van der Waals surface area contributed by atoms with E-state index in [0.29, 0.717) is 29.2 Å². The molecule has 0 aromatic rings. The van der Waals surface area contributed by atoms with Crippen LogP contribution in [-0.2, 0) is 19.1 Å². The highest BCUT2D eigenvalue weighted by Crippen LogP contribution is 2.39. The van der Waals surface area contributed by atoms with Crippen LogP contribution in [0.25, 0.3) is 0 Å². The van der Waals surface area contributed by atoms with Gasteiger partial charge in [-0.3, -0.25) is 0 Å². The number of carbonyl (C=O) groups excluding carboxylic acids is 2. The molecule has 3 unspecified atom stereocenters. The van der Waals surface area contributed by atoms with Gasteiger partial charge in [-0.05, 0) is 106 Å². The first-order valence-electron chi connectivity index (χ1n) is 18.4. The minimum absolute atomic E-state index is 0.00706. The molecule has 0 spiro atoms. The molecule has 0 bridgehead atoms. The van der Waals surface area contributed by atoms with E-state index in [4.69, 9.17) is 14.6 Å². The van der Waals surface area contributed by atoms with E-state index in [1.165, 1.54) is 51.4 Å². The zero-order valence-electron chi connectivity index (χ0n) is 30.1. The second-order valence-electron chi connectivity index (χ2n) is 14.8. The Morgan fingerprint density at radius 3 is 2.06 bits per heavy atom. The van der Waals surface area contributed by atoms with Gasteiger partial charge < -0.3 is 14.6 Å². The molecule has 2 fully saturated rings. The molecular weight excluding hydrogens is 591 g/mol. The summed E-state index contributed by atoms with van der Waals surface area (Å²) in [7, 11) is 0. The number of aliphatic hydroxyl groups is 1. The summed E-state index contributed by atoms with van der Waals surface area (Å²) in [6.45, 7) is 19.7. The Morgan fingerprint density at radius 2 is 1.49 bits per heavy atom. The van der Waals surface area contributed by atoms with Crippen molar-refractivity contribution < 1.29 is 28.6 Å². The number of rotatable bonds is 21. The van der Waals surface area contributed by atoms with Crippen LogP contribution >= 0.6 is 0 Å². The second-order valence-corrected chi connectivity index (χ2v) is 14.8. The van der Waals surface area contributed by atoms with Crippen LogP contribution in [0.5, 0.6) is 0 Å². The number of allylic oxidation sites excluding steroid dienone is 4. The van der Waals surface area contributed by atoms with E-state index in [-0.39, 0.29) is 30.6 Å². The minimum Gasteiger partial charge on any atom is -0.462 e. The Labute approximate surface area is 285 Å². The molecule has 0 radical (unpaired) electrons. The van der Waals surface area contributed by atoms with E-state index in [2.05, 4.69) is 46.6 Å². The van der Waals surface area contributed by atoms with Crippen LogP contribution in [0.1, 0.15) is 124 Å². The minimum atomic E-state index is -0.628. The molecule has 0 heterocycles. The highest BCUT2D eigenvalue weighted by molar-refractivity contribution is 5.88. The fourth-order valence-corrected chi connectivity index (χ4v) is 7.39. The maximum atomic E-state index is 14.0. The molecule has 266 valence electrons. The summed E-state index contributed by atoms with van der Waals surface area (Å²) in [6, 6.07) is 0. The van der Waals surface area contributed by atoms with E-state index in [0.717, 1.165) is 68.3 Å². The monoisotopic (exact) mass is 656 g/mol. The molecule has 2 aliphatic carbocycles. The molecule has 2 aliphatic rings. The number of unbranched alkanes of at least 4 members (excludes halogenated alkanes) is 2. The van der Waals surface area contributed by atoms with E-state index >= 15 is 0 Å². The summed E-state index contributed by atoms with van der Waals surface area (Å²) in [5.41, 5.74) is 2.25. The maximum absolute atomic E-state index is 14.0. The van der Waals surface area contributed by atoms with Gasteiger partial charge >= 0.3 is 11.9 Å². The van der Waals surface area contributed by atoms with Crippen LogP contribution in [0, 0.1) is 41.4 Å². The largest absolute Gasteiger partial charge is 0.462 e. The van der Waals surface area contributed by atoms with Crippen molar-refractivity contribution in [3.8, 4) is 0 Å². The SMILES string of the molecule is C=C(C)C(=O)OCC(COC(=O)C(=C)CO)CC1CCC(C(C)CCC(C)C(/C=C\C(=C)C2CCC(CCCCC)CC2)=C\F)CC1. The van der Waals surface area contributed by atoms with E-state index in [1.807, 2.05) is 6.08 Å². The third-order valence-corrected chi connectivity index (χ3v) is 10.9. The molecule has 47 heavy (non-hydrogen) atoms. The van der Waals surface area contributed by atoms with Crippen molar-refractivity contribution in [1.82, 2.24) is 0 Å². The highest BCUT2D eigenvalue weighted by atomic mass is 19.1. The standard InChI is InChI=1S/C41H65FO5/c1-8-9-10-11-34-15-20-37(21-16-34)31(5)14-19-39(25-42)32(6)13-12-30(4)38-22-17-35(18-23-38)24-36(27-46-40(44)29(2)3)28-47-41(45)33(7)26-43/h14,19,25,30,32,34-38,43H,2,5,7-13,15-18,20-24,26-28H2,1,3-4,6H3/b19-14-,39-25-. The number of esters is 2. The van der Waals surface area contributed by atoms with Gasteiger partial charge in [0.15, 0.2) is 0 Å². The Kier molecular flexibility index (Phi) is 19.2. The molecule has 2 saturated carbocycles. The Morgan fingerprint density at radius 1 is 0.872 bits per heavy atom. The predicted molar refractivity (Wildman–Crippen MR) is 191 cm³/mol. The zero-order chi connectivity index (χ0) is 34.8. The maximum Gasteiger partial charge on any atom is 0.335 e. The smallest absolute Gasteiger partial charge is 0.335 e. The average Bonchev–Trinajstić information content (AvgIpc) is 3.08. The molecule has 3 atom stereocenters. The fourth-order valence-electron chi connectivity index (χ4n) is 7.39. The number of hydrogen-bond acceptors (Lipinski definition) is 5. The van der Waals surface area contributed by atoms with Gasteiger partial charge in [0.2, 0.25) is 0 Å². The number of ether oxygens (including phenoxy) is 2. The topological polar surface area (TPSA) is 72.8 Å². The number of aliphatic hydroxyl groups excluding tert-OH is 1. The summed E-state index contributed by atoms with van der Waals surface area (Å²) in [5, 5.41) is 9.16. The zero-order valence-corrected chi connectivity index (χ0v) is 30.1. The normalized spacial score (nSPS) is 23.9.